The van der Waals surface area contributed by atoms with Gasteiger partial charge in [-0.1, -0.05) is 0 Å². The molecule has 7 nitrogen and oxygen atoms in total. The summed E-state index contributed by atoms with van der Waals surface area (Å²) in [6, 6.07) is 1.63. The average molecular weight is 367 g/mol. The van der Waals surface area contributed by atoms with Crippen molar-refractivity contribution in [1.82, 2.24) is 20.0 Å². The van der Waals surface area contributed by atoms with Crippen molar-refractivity contribution < 1.29 is 22.7 Å². The highest BCUT2D eigenvalue weighted by Crippen LogP contribution is 2.25. The molecule has 1 aromatic heterocycles. The fourth-order valence-corrected chi connectivity index (χ4v) is 2.50. The SMILES string of the molecule is CN1C=C(c2cc(OC3=CCC(C(F)(F)F)=NC=C3)nn2C)NC1C=O. The summed E-state index contributed by atoms with van der Waals surface area (Å²) < 4.78 is 45.2. The Morgan fingerprint density at radius 3 is 2.81 bits per heavy atom. The molecule has 0 fully saturated rings. The average Bonchev–Trinajstić information content (AvgIpc) is 3.00. The van der Waals surface area contributed by atoms with Gasteiger partial charge in [-0.15, -0.1) is 5.10 Å². The number of aldehydes is 1. The molecule has 3 rings (SSSR count). The van der Waals surface area contributed by atoms with Gasteiger partial charge in [0, 0.05) is 39.0 Å². The first-order valence-electron chi connectivity index (χ1n) is 7.66. The lowest BCUT2D eigenvalue weighted by atomic mass is 10.2. The lowest BCUT2D eigenvalue weighted by Crippen LogP contribution is -2.34. The normalized spacial score (nSPS) is 20.1. The fourth-order valence-electron chi connectivity index (χ4n) is 2.50. The van der Waals surface area contributed by atoms with Crippen molar-refractivity contribution in [3.63, 3.8) is 0 Å². The molecule has 0 radical (unpaired) electrons. The summed E-state index contributed by atoms with van der Waals surface area (Å²) in [5.41, 5.74) is 0.460. The van der Waals surface area contributed by atoms with Crippen LogP contribution in [0.2, 0.25) is 0 Å². The second-order valence-electron chi connectivity index (χ2n) is 5.73. The summed E-state index contributed by atoms with van der Waals surface area (Å²) in [4.78, 5) is 16.1. The number of rotatable bonds is 4. The number of hydrogen-bond acceptors (Lipinski definition) is 6. The van der Waals surface area contributed by atoms with Crippen molar-refractivity contribution in [2.75, 3.05) is 7.05 Å². The van der Waals surface area contributed by atoms with Gasteiger partial charge in [-0.2, -0.15) is 13.2 Å². The minimum absolute atomic E-state index is 0.216. The summed E-state index contributed by atoms with van der Waals surface area (Å²) >= 11 is 0. The third kappa shape index (κ3) is 3.63. The predicted octanol–water partition coefficient (Wildman–Crippen LogP) is 1.96. The number of ether oxygens (including phenoxy) is 1. The first kappa shape index (κ1) is 17.8. The number of likely N-dealkylation sites (N-methyl/N-ethyl adjacent to an activating group) is 1. The fraction of sp³-hybridized carbons (Fsp3) is 0.312. The zero-order valence-electron chi connectivity index (χ0n) is 14.0. The van der Waals surface area contributed by atoms with Gasteiger partial charge in [0.1, 0.15) is 11.5 Å². The highest BCUT2D eigenvalue weighted by Gasteiger charge is 2.34. The van der Waals surface area contributed by atoms with Gasteiger partial charge in [0.2, 0.25) is 5.88 Å². The molecule has 26 heavy (non-hydrogen) atoms. The molecule has 10 heteroatoms. The second kappa shape index (κ2) is 6.70. The van der Waals surface area contributed by atoms with E-state index in [0.717, 1.165) is 12.5 Å². The molecule has 1 N–H and O–H groups in total. The number of allylic oxidation sites excluding steroid dienone is 2. The van der Waals surface area contributed by atoms with Gasteiger partial charge in [0.25, 0.3) is 0 Å². The van der Waals surface area contributed by atoms with E-state index in [1.807, 2.05) is 0 Å². The second-order valence-corrected chi connectivity index (χ2v) is 5.73. The van der Waals surface area contributed by atoms with Crippen LogP contribution in [0.4, 0.5) is 13.2 Å². The van der Waals surface area contributed by atoms with Crippen LogP contribution in [0.5, 0.6) is 5.88 Å². The molecular formula is C16H16F3N5O2. The number of aromatic nitrogens is 2. The van der Waals surface area contributed by atoms with E-state index in [1.165, 1.54) is 12.2 Å². The van der Waals surface area contributed by atoms with Gasteiger partial charge in [0.05, 0.1) is 11.4 Å². The zero-order valence-corrected chi connectivity index (χ0v) is 14.0. The molecule has 2 aliphatic heterocycles. The van der Waals surface area contributed by atoms with E-state index < -0.39 is 18.1 Å². The number of aliphatic imine (C=N–C) groups is 1. The number of aryl methyl sites for hydroxylation is 1. The maximum atomic E-state index is 12.7. The van der Waals surface area contributed by atoms with Crippen LogP contribution >= 0.6 is 0 Å². The van der Waals surface area contributed by atoms with Crippen LogP contribution in [-0.4, -0.2) is 46.1 Å². The first-order chi connectivity index (χ1) is 12.3. The maximum absolute atomic E-state index is 12.7. The maximum Gasteiger partial charge on any atom is 0.429 e. The van der Waals surface area contributed by atoms with Crippen LogP contribution in [-0.2, 0) is 11.8 Å². The molecule has 0 saturated heterocycles. The van der Waals surface area contributed by atoms with Gasteiger partial charge in [-0.25, -0.2) is 0 Å². The molecule has 0 saturated carbocycles. The Morgan fingerprint density at radius 2 is 2.15 bits per heavy atom. The van der Waals surface area contributed by atoms with Gasteiger partial charge in [-0.3, -0.25) is 14.5 Å². The molecule has 138 valence electrons. The van der Waals surface area contributed by atoms with Crippen molar-refractivity contribution in [1.29, 1.82) is 0 Å². The van der Waals surface area contributed by atoms with Crippen LogP contribution in [0, 0.1) is 0 Å². The van der Waals surface area contributed by atoms with Crippen LogP contribution in [0.1, 0.15) is 12.1 Å². The smallest absolute Gasteiger partial charge is 0.429 e. The Balaban J connectivity index is 1.74. The van der Waals surface area contributed by atoms with Gasteiger partial charge < -0.3 is 15.0 Å². The molecule has 1 atom stereocenters. The van der Waals surface area contributed by atoms with Gasteiger partial charge >= 0.3 is 6.18 Å². The number of carbonyl (C=O) groups is 1. The Morgan fingerprint density at radius 1 is 1.38 bits per heavy atom. The summed E-state index contributed by atoms with van der Waals surface area (Å²) in [6.45, 7) is 0. The van der Waals surface area contributed by atoms with E-state index >= 15 is 0 Å². The molecule has 1 unspecified atom stereocenters. The summed E-state index contributed by atoms with van der Waals surface area (Å²) in [7, 11) is 3.45. The highest BCUT2D eigenvalue weighted by atomic mass is 19.4. The number of hydrogen-bond donors (Lipinski definition) is 1. The number of nitrogens with zero attached hydrogens (tertiary/aromatic N) is 4. The lowest BCUT2D eigenvalue weighted by Gasteiger charge is -2.13. The van der Waals surface area contributed by atoms with E-state index in [-0.39, 0.29) is 18.1 Å². The van der Waals surface area contributed by atoms with Crippen molar-refractivity contribution in [2.24, 2.45) is 12.0 Å². The standard InChI is InChI=1S/C16H16F3N5O2/c1-23-8-11(21-14(23)9-25)12-7-15(22-24(12)2)26-10-3-4-13(16(17,18)19)20-6-5-10/h3,5-9,14,21H,4H2,1-2H3. The lowest BCUT2D eigenvalue weighted by molar-refractivity contribution is -0.111. The van der Waals surface area contributed by atoms with Crippen LogP contribution in [0.3, 0.4) is 0 Å². The number of halogens is 3. The molecule has 1 aromatic rings. The van der Waals surface area contributed by atoms with E-state index in [0.29, 0.717) is 11.4 Å². The molecule has 0 aliphatic carbocycles. The van der Waals surface area contributed by atoms with Gasteiger partial charge in [0.15, 0.2) is 12.5 Å². The number of alkyl halides is 3. The van der Waals surface area contributed by atoms with Crippen molar-refractivity contribution in [3.8, 4) is 5.88 Å². The molecule has 0 spiro atoms. The molecule has 0 aromatic carbocycles. The van der Waals surface area contributed by atoms with Crippen LogP contribution < -0.4 is 10.1 Å². The molecule has 0 amide bonds. The van der Waals surface area contributed by atoms with Crippen LogP contribution in [0.25, 0.3) is 5.70 Å². The molecule has 3 heterocycles. The van der Waals surface area contributed by atoms with Crippen molar-refractivity contribution in [2.45, 2.75) is 18.8 Å². The highest BCUT2D eigenvalue weighted by molar-refractivity contribution is 5.91. The number of nitrogens with one attached hydrogen (secondary N) is 1. The molecule has 0 bridgehead atoms. The Bertz CT molecular complexity index is 835. The largest absolute Gasteiger partial charge is 0.438 e. The Kier molecular flexibility index (Phi) is 4.58. The Hall–Kier alpha value is -3.04. The van der Waals surface area contributed by atoms with Crippen molar-refractivity contribution in [3.05, 3.63) is 42.1 Å². The summed E-state index contributed by atoms with van der Waals surface area (Å²) in [5.74, 6) is 0.433. The predicted molar refractivity (Wildman–Crippen MR) is 87.9 cm³/mol. The topological polar surface area (TPSA) is 71.8 Å². The summed E-state index contributed by atoms with van der Waals surface area (Å²) in [5, 5.41) is 7.22. The molecule has 2 aliphatic rings. The van der Waals surface area contributed by atoms with E-state index in [9.17, 15) is 18.0 Å². The van der Waals surface area contributed by atoms with E-state index in [1.54, 1.807) is 35.9 Å². The zero-order chi connectivity index (χ0) is 18.9. The van der Waals surface area contributed by atoms with Crippen LogP contribution in [0.15, 0.2) is 41.4 Å². The van der Waals surface area contributed by atoms with Gasteiger partial charge in [-0.05, 0) is 12.2 Å². The molecular weight excluding hydrogens is 351 g/mol. The van der Waals surface area contributed by atoms with Crippen molar-refractivity contribution >= 4 is 17.7 Å². The van der Waals surface area contributed by atoms with E-state index in [4.69, 9.17) is 4.74 Å². The monoisotopic (exact) mass is 367 g/mol. The van der Waals surface area contributed by atoms with E-state index in [2.05, 4.69) is 15.4 Å². The Labute approximate surface area is 147 Å². The summed E-state index contributed by atoms with van der Waals surface area (Å²) in [6.07, 6.45) is 0.903. The minimum Gasteiger partial charge on any atom is -0.438 e. The third-order valence-electron chi connectivity index (χ3n) is 3.85. The minimum atomic E-state index is -4.48. The number of carbonyl (C=O) groups excluding carboxylic acids is 1. The quantitative estimate of drug-likeness (QED) is 0.824. The first-order valence-corrected chi connectivity index (χ1v) is 7.66. The third-order valence-corrected chi connectivity index (χ3v) is 3.85.